The van der Waals surface area contributed by atoms with Crippen LogP contribution in [-0.2, 0) is 11.2 Å². The van der Waals surface area contributed by atoms with Crippen LogP contribution in [0.1, 0.15) is 27.0 Å². The summed E-state index contributed by atoms with van der Waals surface area (Å²) in [5.41, 5.74) is 7.02. The van der Waals surface area contributed by atoms with Gasteiger partial charge in [-0.15, -0.1) is 0 Å². The molecule has 0 radical (unpaired) electrons. The summed E-state index contributed by atoms with van der Waals surface area (Å²) >= 11 is 3.42. The third-order valence-electron chi connectivity index (χ3n) is 5.76. The summed E-state index contributed by atoms with van der Waals surface area (Å²) in [5, 5.41) is 5.74. The van der Waals surface area contributed by atoms with Crippen LogP contribution in [0.4, 0.5) is 5.69 Å². The zero-order chi connectivity index (χ0) is 23.5. The summed E-state index contributed by atoms with van der Waals surface area (Å²) in [6, 6.07) is 30.6. The first-order valence-corrected chi connectivity index (χ1v) is 11.7. The molecule has 4 aromatic rings. The van der Waals surface area contributed by atoms with E-state index in [1.807, 2.05) is 60.7 Å². The van der Waals surface area contributed by atoms with Gasteiger partial charge in [-0.25, -0.2) is 0 Å². The van der Waals surface area contributed by atoms with Crippen molar-refractivity contribution in [3.8, 4) is 11.1 Å². The van der Waals surface area contributed by atoms with E-state index in [0.29, 0.717) is 11.3 Å². The highest BCUT2D eigenvalue weighted by molar-refractivity contribution is 9.10. The summed E-state index contributed by atoms with van der Waals surface area (Å²) in [5.74, 6) is -0.730. The van der Waals surface area contributed by atoms with Crippen molar-refractivity contribution in [1.82, 2.24) is 5.32 Å². The van der Waals surface area contributed by atoms with Crippen LogP contribution < -0.4 is 10.6 Å². The second-order valence-corrected chi connectivity index (χ2v) is 9.01. The molecular weight excluding hydrogens is 488 g/mol. The van der Waals surface area contributed by atoms with Gasteiger partial charge < -0.3 is 10.6 Å². The van der Waals surface area contributed by atoms with Crippen molar-refractivity contribution in [3.63, 3.8) is 0 Å². The normalized spacial score (nSPS) is 12.0. The van der Waals surface area contributed by atoms with Crippen LogP contribution in [0, 0.1) is 0 Å². The SMILES string of the molecule is O=C(Nc1ccc2c(c1)Cc1ccccc1-2)/C(=C/c1ccc(Br)cc1)NC(=O)c1ccccc1. The van der Waals surface area contributed by atoms with Crippen molar-refractivity contribution < 1.29 is 9.59 Å². The van der Waals surface area contributed by atoms with E-state index in [1.54, 1.807) is 30.3 Å². The fourth-order valence-corrected chi connectivity index (χ4v) is 4.35. The minimum atomic E-state index is -0.386. The van der Waals surface area contributed by atoms with Crippen molar-refractivity contribution in [2.24, 2.45) is 0 Å². The van der Waals surface area contributed by atoms with Gasteiger partial charge in [0.15, 0.2) is 0 Å². The first kappa shape index (κ1) is 21.9. The Kier molecular flexibility index (Phi) is 6.11. The number of hydrogen-bond acceptors (Lipinski definition) is 2. The highest BCUT2D eigenvalue weighted by Gasteiger charge is 2.19. The van der Waals surface area contributed by atoms with Gasteiger partial charge in [-0.05, 0) is 76.7 Å². The Bertz CT molecular complexity index is 1410. The Morgan fingerprint density at radius 3 is 2.26 bits per heavy atom. The summed E-state index contributed by atoms with van der Waals surface area (Å²) in [4.78, 5) is 26.1. The molecule has 0 heterocycles. The minimum Gasteiger partial charge on any atom is -0.321 e. The van der Waals surface area contributed by atoms with Gasteiger partial charge in [-0.3, -0.25) is 9.59 Å². The minimum absolute atomic E-state index is 0.167. The van der Waals surface area contributed by atoms with E-state index in [9.17, 15) is 9.59 Å². The van der Waals surface area contributed by atoms with Gasteiger partial charge in [0.2, 0.25) is 0 Å². The highest BCUT2D eigenvalue weighted by Crippen LogP contribution is 2.37. The van der Waals surface area contributed by atoms with E-state index < -0.39 is 0 Å². The maximum absolute atomic E-state index is 13.3. The molecule has 0 spiro atoms. The van der Waals surface area contributed by atoms with E-state index in [-0.39, 0.29) is 17.5 Å². The summed E-state index contributed by atoms with van der Waals surface area (Å²) in [6.07, 6.45) is 2.51. The van der Waals surface area contributed by atoms with Gasteiger partial charge in [0.05, 0.1) is 0 Å². The Morgan fingerprint density at radius 2 is 1.47 bits per heavy atom. The predicted octanol–water partition coefficient (Wildman–Crippen LogP) is 6.43. The molecule has 2 amide bonds. The first-order valence-electron chi connectivity index (χ1n) is 10.9. The summed E-state index contributed by atoms with van der Waals surface area (Å²) < 4.78 is 0.933. The molecular formula is C29H21BrN2O2. The smallest absolute Gasteiger partial charge is 0.272 e. The Labute approximate surface area is 206 Å². The Morgan fingerprint density at radius 1 is 0.765 bits per heavy atom. The molecule has 0 aliphatic heterocycles. The maximum Gasteiger partial charge on any atom is 0.272 e. The van der Waals surface area contributed by atoms with Gasteiger partial charge in [-0.1, -0.05) is 76.6 Å². The van der Waals surface area contributed by atoms with Gasteiger partial charge in [-0.2, -0.15) is 0 Å². The number of hydrogen-bond donors (Lipinski definition) is 2. The molecule has 1 aliphatic rings. The molecule has 0 fully saturated rings. The number of fused-ring (bicyclic) bond motifs is 3. The molecule has 2 N–H and O–H groups in total. The van der Waals surface area contributed by atoms with E-state index in [4.69, 9.17) is 0 Å². The molecule has 1 aliphatic carbocycles. The third kappa shape index (κ3) is 4.70. The van der Waals surface area contributed by atoms with Crippen molar-refractivity contribution in [2.75, 3.05) is 5.32 Å². The van der Waals surface area contributed by atoms with Crippen LogP contribution in [0.2, 0.25) is 0 Å². The van der Waals surface area contributed by atoms with Gasteiger partial charge in [0.25, 0.3) is 11.8 Å². The molecule has 34 heavy (non-hydrogen) atoms. The van der Waals surface area contributed by atoms with Crippen LogP contribution in [-0.4, -0.2) is 11.8 Å². The quantitative estimate of drug-likeness (QED) is 0.268. The molecule has 0 saturated heterocycles. The van der Waals surface area contributed by atoms with Crippen LogP contribution in [0.3, 0.4) is 0 Å². The van der Waals surface area contributed by atoms with Crippen LogP contribution in [0.25, 0.3) is 17.2 Å². The number of rotatable bonds is 5. The van der Waals surface area contributed by atoms with Crippen molar-refractivity contribution in [1.29, 1.82) is 0 Å². The zero-order valence-corrected chi connectivity index (χ0v) is 19.8. The second-order valence-electron chi connectivity index (χ2n) is 8.09. The monoisotopic (exact) mass is 508 g/mol. The summed E-state index contributed by atoms with van der Waals surface area (Å²) in [6.45, 7) is 0. The molecule has 5 rings (SSSR count). The second kappa shape index (κ2) is 9.49. The predicted molar refractivity (Wildman–Crippen MR) is 139 cm³/mol. The van der Waals surface area contributed by atoms with Gasteiger partial charge >= 0.3 is 0 Å². The van der Waals surface area contributed by atoms with E-state index in [2.05, 4.69) is 38.7 Å². The van der Waals surface area contributed by atoms with Gasteiger partial charge in [0, 0.05) is 15.7 Å². The number of carbonyl (C=O) groups is 2. The van der Waals surface area contributed by atoms with Crippen LogP contribution >= 0.6 is 15.9 Å². The largest absolute Gasteiger partial charge is 0.321 e. The van der Waals surface area contributed by atoms with Crippen molar-refractivity contribution in [3.05, 3.63) is 129 Å². The maximum atomic E-state index is 13.3. The van der Waals surface area contributed by atoms with Crippen LogP contribution in [0.15, 0.2) is 107 Å². The highest BCUT2D eigenvalue weighted by atomic mass is 79.9. The fraction of sp³-hybridized carbons (Fsp3) is 0.0345. The molecule has 0 unspecified atom stereocenters. The Hall–Kier alpha value is -3.96. The van der Waals surface area contributed by atoms with Crippen molar-refractivity contribution >= 4 is 39.5 Å². The molecule has 0 atom stereocenters. The molecule has 0 bridgehead atoms. The molecule has 0 saturated carbocycles. The number of benzene rings is 4. The number of halogens is 1. The lowest BCUT2D eigenvalue weighted by molar-refractivity contribution is -0.113. The lowest BCUT2D eigenvalue weighted by atomic mass is 10.1. The topological polar surface area (TPSA) is 58.2 Å². The molecule has 166 valence electrons. The average molecular weight is 509 g/mol. The standard InChI is InChI=1S/C29H21BrN2O2/c30-23-12-10-19(11-13-23)16-27(32-28(33)20-6-2-1-3-7-20)29(34)31-24-14-15-26-22(18-24)17-21-8-4-5-9-25(21)26/h1-16,18H,17H2,(H,31,34)(H,32,33)/b27-16-. The fourth-order valence-electron chi connectivity index (χ4n) is 4.09. The zero-order valence-electron chi connectivity index (χ0n) is 18.2. The Balaban J connectivity index is 1.41. The molecule has 0 aromatic heterocycles. The average Bonchev–Trinajstić information content (AvgIpc) is 3.23. The number of anilines is 1. The molecule has 4 nitrogen and oxygen atoms in total. The molecule has 5 heteroatoms. The van der Waals surface area contributed by atoms with E-state index in [0.717, 1.165) is 16.5 Å². The third-order valence-corrected chi connectivity index (χ3v) is 6.29. The molecule has 4 aromatic carbocycles. The number of carbonyl (C=O) groups excluding carboxylic acids is 2. The van der Waals surface area contributed by atoms with Crippen molar-refractivity contribution in [2.45, 2.75) is 6.42 Å². The van der Waals surface area contributed by atoms with E-state index in [1.165, 1.54) is 22.3 Å². The lowest BCUT2D eigenvalue weighted by Gasteiger charge is -2.12. The van der Waals surface area contributed by atoms with Crippen LogP contribution in [0.5, 0.6) is 0 Å². The lowest BCUT2D eigenvalue weighted by Crippen LogP contribution is -2.30. The van der Waals surface area contributed by atoms with Gasteiger partial charge in [0.1, 0.15) is 5.70 Å². The first-order chi connectivity index (χ1) is 16.6. The van der Waals surface area contributed by atoms with E-state index >= 15 is 0 Å². The number of nitrogens with one attached hydrogen (secondary N) is 2. The number of amides is 2. The summed E-state index contributed by atoms with van der Waals surface area (Å²) in [7, 11) is 0.